The number of benzene rings is 2. The predicted octanol–water partition coefficient (Wildman–Crippen LogP) is 3.50. The number of amides is 1. The van der Waals surface area contributed by atoms with E-state index in [1.165, 1.54) is 27.4 Å². The number of hydrogen-bond acceptors (Lipinski definition) is 4. The van der Waals surface area contributed by atoms with Crippen molar-refractivity contribution in [1.29, 1.82) is 0 Å². The van der Waals surface area contributed by atoms with Gasteiger partial charge in [0.15, 0.2) is 0 Å². The first-order valence-corrected chi connectivity index (χ1v) is 15.2. The summed E-state index contributed by atoms with van der Waals surface area (Å²) in [5.74, 6) is -0.124. The summed E-state index contributed by atoms with van der Waals surface area (Å²) in [7, 11) is -1.40. The van der Waals surface area contributed by atoms with Crippen LogP contribution in [0, 0.1) is 0 Å². The smallest absolute Gasteiger partial charge is 0.296 e. The van der Waals surface area contributed by atoms with Gasteiger partial charge >= 0.3 is 0 Å². The summed E-state index contributed by atoms with van der Waals surface area (Å²) in [4.78, 5) is 19.6. The summed E-state index contributed by atoms with van der Waals surface area (Å²) >= 11 is 0. The van der Waals surface area contributed by atoms with Gasteiger partial charge in [-0.15, -0.1) is 0 Å². The molecule has 0 radical (unpaired) electrons. The zero-order chi connectivity index (χ0) is 22.1. The molecule has 5 nitrogen and oxygen atoms in total. The van der Waals surface area contributed by atoms with E-state index in [2.05, 4.69) is 72.0 Å². The summed E-state index contributed by atoms with van der Waals surface area (Å²) in [6.45, 7) is 9.31. The molecule has 6 heteroatoms. The fraction of sp³-hybridized carbons (Fsp3) is 0.462. The molecule has 1 amide bonds. The average molecular weight is 447 g/mol. The fourth-order valence-corrected chi connectivity index (χ4v) is 6.94. The van der Waals surface area contributed by atoms with Gasteiger partial charge in [0, 0.05) is 25.9 Å². The molecule has 1 saturated heterocycles. The molecular formula is C26H30N2O3Si. The van der Waals surface area contributed by atoms with Crippen molar-refractivity contribution in [3.05, 3.63) is 64.7 Å². The number of hydrogen-bond donors (Lipinski definition) is 0. The van der Waals surface area contributed by atoms with Gasteiger partial charge in [0.05, 0.1) is 20.3 Å². The number of fused-ring (bicyclic) bond motifs is 3. The lowest BCUT2D eigenvalue weighted by Gasteiger charge is -2.39. The SMILES string of the molecule is C[Si](C)(C)c1ccc2c(c1)CC1(C2)OC(N2CCC3(CC2)OCc2ccccc23)=NC1=O. The minimum Gasteiger partial charge on any atom is -0.447 e. The molecule has 0 saturated carbocycles. The average Bonchev–Trinajstić information content (AvgIpc) is 3.42. The standard InChI is InChI=1S/C26H30N2O3Si/c1-32(2,3)21-9-8-18-15-26(16-20(18)14-21)23(29)27-24(31-26)28-12-10-25(11-13-28)22-7-5-4-6-19(22)17-30-25/h4-9,14H,10-13,15-17H2,1-3H3. The number of carbonyl (C=O) groups is 1. The monoisotopic (exact) mass is 446 g/mol. The first-order chi connectivity index (χ1) is 15.3. The second kappa shape index (κ2) is 6.78. The van der Waals surface area contributed by atoms with Gasteiger partial charge in [0.1, 0.15) is 0 Å². The van der Waals surface area contributed by atoms with Crippen LogP contribution in [0.15, 0.2) is 47.5 Å². The number of piperidine rings is 1. The van der Waals surface area contributed by atoms with E-state index < -0.39 is 13.7 Å². The van der Waals surface area contributed by atoms with Gasteiger partial charge in [-0.3, -0.25) is 4.79 Å². The Morgan fingerprint density at radius 1 is 0.938 bits per heavy atom. The van der Waals surface area contributed by atoms with Gasteiger partial charge in [-0.05, 0) is 35.1 Å². The van der Waals surface area contributed by atoms with E-state index in [1.807, 2.05) is 0 Å². The minimum atomic E-state index is -1.40. The lowest BCUT2D eigenvalue weighted by atomic mass is 9.84. The van der Waals surface area contributed by atoms with E-state index in [-0.39, 0.29) is 11.5 Å². The highest BCUT2D eigenvalue weighted by Gasteiger charge is 2.53. The van der Waals surface area contributed by atoms with Gasteiger partial charge in [-0.1, -0.05) is 67.3 Å². The van der Waals surface area contributed by atoms with Crippen molar-refractivity contribution in [2.24, 2.45) is 4.99 Å². The molecule has 32 heavy (non-hydrogen) atoms. The molecule has 3 aliphatic heterocycles. The Labute approximate surface area is 190 Å². The van der Waals surface area contributed by atoms with Crippen molar-refractivity contribution in [3.8, 4) is 0 Å². The zero-order valence-corrected chi connectivity index (χ0v) is 20.1. The molecule has 2 spiro atoms. The summed E-state index contributed by atoms with van der Waals surface area (Å²) in [6, 6.07) is 15.8. The number of rotatable bonds is 1. The molecule has 1 atom stereocenters. The van der Waals surface area contributed by atoms with Crippen molar-refractivity contribution in [3.63, 3.8) is 0 Å². The Morgan fingerprint density at radius 3 is 2.47 bits per heavy atom. The van der Waals surface area contributed by atoms with Crippen LogP contribution in [0.5, 0.6) is 0 Å². The summed E-state index contributed by atoms with van der Waals surface area (Å²) < 4.78 is 12.7. The largest absolute Gasteiger partial charge is 0.447 e. The molecule has 0 N–H and O–H groups in total. The zero-order valence-electron chi connectivity index (χ0n) is 19.1. The van der Waals surface area contributed by atoms with Gasteiger partial charge in [-0.25, -0.2) is 0 Å². The highest BCUT2D eigenvalue weighted by atomic mass is 28.3. The Balaban J connectivity index is 1.17. The number of amidine groups is 1. The van der Waals surface area contributed by atoms with Gasteiger partial charge in [0.25, 0.3) is 11.9 Å². The van der Waals surface area contributed by atoms with Crippen LogP contribution in [0.3, 0.4) is 0 Å². The van der Waals surface area contributed by atoms with Crippen LogP contribution in [0.25, 0.3) is 0 Å². The van der Waals surface area contributed by atoms with Crippen molar-refractivity contribution >= 4 is 25.2 Å². The summed E-state index contributed by atoms with van der Waals surface area (Å²) in [5, 5.41) is 1.43. The van der Waals surface area contributed by atoms with E-state index in [1.54, 1.807) is 0 Å². The van der Waals surface area contributed by atoms with Crippen LogP contribution in [0.4, 0.5) is 0 Å². The van der Waals surface area contributed by atoms with E-state index >= 15 is 0 Å². The molecule has 0 aromatic heterocycles. The Hall–Kier alpha value is -2.44. The molecule has 166 valence electrons. The molecule has 1 fully saturated rings. The maximum atomic E-state index is 13.1. The first kappa shape index (κ1) is 20.2. The van der Waals surface area contributed by atoms with Crippen LogP contribution in [0.1, 0.15) is 35.1 Å². The summed E-state index contributed by atoms with van der Waals surface area (Å²) in [5.41, 5.74) is 4.05. The number of carbonyl (C=O) groups excluding carboxylic acids is 1. The third kappa shape index (κ3) is 2.99. The summed E-state index contributed by atoms with van der Waals surface area (Å²) in [6.07, 6.45) is 3.01. The quantitative estimate of drug-likeness (QED) is 0.629. The Kier molecular flexibility index (Phi) is 4.28. The molecule has 1 aliphatic carbocycles. The van der Waals surface area contributed by atoms with Crippen LogP contribution in [-0.2, 0) is 39.3 Å². The van der Waals surface area contributed by atoms with Gasteiger partial charge in [-0.2, -0.15) is 4.99 Å². The topological polar surface area (TPSA) is 51.1 Å². The third-order valence-corrected chi connectivity index (χ3v) is 9.79. The molecule has 2 aromatic rings. The van der Waals surface area contributed by atoms with E-state index in [4.69, 9.17) is 9.47 Å². The Bertz CT molecular complexity index is 1140. The Morgan fingerprint density at radius 2 is 1.69 bits per heavy atom. The van der Waals surface area contributed by atoms with E-state index in [9.17, 15) is 4.79 Å². The first-order valence-electron chi connectivity index (χ1n) is 11.7. The third-order valence-electron chi connectivity index (χ3n) is 7.75. The highest BCUT2D eigenvalue weighted by molar-refractivity contribution is 6.88. The molecule has 4 aliphatic rings. The number of ether oxygens (including phenoxy) is 2. The van der Waals surface area contributed by atoms with E-state index in [0.717, 1.165) is 25.9 Å². The predicted molar refractivity (Wildman–Crippen MR) is 127 cm³/mol. The fourth-order valence-electron chi connectivity index (χ4n) is 5.75. The molecule has 3 heterocycles. The van der Waals surface area contributed by atoms with Crippen molar-refractivity contribution < 1.29 is 14.3 Å². The minimum absolute atomic E-state index is 0.124. The highest BCUT2D eigenvalue weighted by Crippen LogP contribution is 2.45. The lowest BCUT2D eigenvalue weighted by Crippen LogP contribution is -2.47. The normalized spacial score (nSPS) is 25.8. The number of aliphatic imine (C=N–C) groups is 1. The van der Waals surface area contributed by atoms with Crippen molar-refractivity contribution in [1.82, 2.24) is 4.90 Å². The molecule has 0 bridgehead atoms. The molecule has 2 aromatic carbocycles. The van der Waals surface area contributed by atoms with Crippen LogP contribution < -0.4 is 5.19 Å². The number of nitrogens with zero attached hydrogens (tertiary/aromatic N) is 2. The molecule has 1 unspecified atom stereocenters. The second-order valence-electron chi connectivity index (χ2n) is 10.8. The maximum Gasteiger partial charge on any atom is 0.296 e. The number of likely N-dealkylation sites (tertiary alicyclic amines) is 1. The molecular weight excluding hydrogens is 416 g/mol. The van der Waals surface area contributed by atoms with E-state index in [0.29, 0.717) is 25.5 Å². The van der Waals surface area contributed by atoms with Crippen LogP contribution in [0.2, 0.25) is 19.6 Å². The van der Waals surface area contributed by atoms with Crippen molar-refractivity contribution in [2.45, 2.75) is 63.1 Å². The van der Waals surface area contributed by atoms with Gasteiger partial charge < -0.3 is 14.4 Å². The maximum absolute atomic E-state index is 13.1. The van der Waals surface area contributed by atoms with Crippen LogP contribution >= 0.6 is 0 Å². The van der Waals surface area contributed by atoms with Crippen LogP contribution in [-0.4, -0.2) is 43.6 Å². The van der Waals surface area contributed by atoms with Gasteiger partial charge in [0.2, 0.25) is 5.60 Å². The van der Waals surface area contributed by atoms with Crippen molar-refractivity contribution in [2.75, 3.05) is 13.1 Å². The lowest BCUT2D eigenvalue weighted by molar-refractivity contribution is -0.130. The molecule has 6 rings (SSSR count). The second-order valence-corrected chi connectivity index (χ2v) is 15.9.